The van der Waals surface area contributed by atoms with Crippen LogP contribution >= 0.6 is 0 Å². The molecule has 0 atom stereocenters. The van der Waals surface area contributed by atoms with Gasteiger partial charge < -0.3 is 5.32 Å². The lowest BCUT2D eigenvalue weighted by Gasteiger charge is -2.09. The molecule has 2 heteroatoms. The van der Waals surface area contributed by atoms with Crippen LogP contribution in [-0.4, -0.2) is 11.9 Å². The van der Waals surface area contributed by atoms with Gasteiger partial charge in [0.1, 0.15) is 0 Å². The lowest BCUT2D eigenvalue weighted by molar-refractivity contribution is -0.117. The van der Waals surface area contributed by atoms with Crippen molar-refractivity contribution >= 4 is 12.0 Å². The van der Waals surface area contributed by atoms with Gasteiger partial charge in [-0.15, -0.1) is 0 Å². The zero-order valence-electron chi connectivity index (χ0n) is 11.2. The Morgan fingerprint density at radius 1 is 1.28 bits per heavy atom. The number of nitrogens with one attached hydrogen (secondary N) is 1. The highest BCUT2D eigenvalue weighted by Crippen LogP contribution is 2.17. The van der Waals surface area contributed by atoms with E-state index in [2.05, 4.69) is 37.4 Å². The summed E-state index contributed by atoms with van der Waals surface area (Å²) in [5.41, 5.74) is 3.57. The highest BCUT2D eigenvalue weighted by Gasteiger charge is 2.15. The van der Waals surface area contributed by atoms with Crippen molar-refractivity contribution in [2.24, 2.45) is 0 Å². The van der Waals surface area contributed by atoms with Crippen molar-refractivity contribution in [3.05, 3.63) is 41.0 Å². The number of hydrogen-bond donors (Lipinski definition) is 1. The van der Waals surface area contributed by atoms with Gasteiger partial charge in [-0.1, -0.05) is 36.6 Å². The number of amides is 1. The fourth-order valence-corrected chi connectivity index (χ4v) is 2.50. The van der Waals surface area contributed by atoms with E-state index >= 15 is 0 Å². The van der Waals surface area contributed by atoms with E-state index in [0.717, 1.165) is 18.4 Å². The van der Waals surface area contributed by atoms with Gasteiger partial charge in [0.2, 0.25) is 5.91 Å². The Morgan fingerprint density at radius 2 is 2.00 bits per heavy atom. The van der Waals surface area contributed by atoms with Crippen molar-refractivity contribution in [2.75, 3.05) is 0 Å². The molecular weight excluding hydrogens is 222 g/mol. The minimum Gasteiger partial charge on any atom is -0.350 e. The van der Waals surface area contributed by atoms with Crippen LogP contribution in [0.1, 0.15) is 42.4 Å². The van der Waals surface area contributed by atoms with Crippen LogP contribution in [-0.2, 0) is 4.79 Å². The van der Waals surface area contributed by atoms with Gasteiger partial charge in [-0.25, -0.2) is 0 Å². The summed E-state index contributed by atoms with van der Waals surface area (Å²) < 4.78 is 0. The molecule has 18 heavy (non-hydrogen) atoms. The van der Waals surface area contributed by atoms with E-state index < -0.39 is 0 Å². The molecule has 0 bridgehead atoms. The van der Waals surface area contributed by atoms with Crippen LogP contribution in [0.25, 0.3) is 6.08 Å². The Bertz CT molecular complexity index is 456. The summed E-state index contributed by atoms with van der Waals surface area (Å²) in [6.45, 7) is 4.15. The zero-order valence-corrected chi connectivity index (χ0v) is 11.2. The molecule has 0 saturated heterocycles. The second kappa shape index (κ2) is 5.85. The van der Waals surface area contributed by atoms with E-state index in [0.29, 0.717) is 6.04 Å². The zero-order chi connectivity index (χ0) is 13.0. The molecule has 1 fully saturated rings. The third-order valence-corrected chi connectivity index (χ3v) is 3.54. The summed E-state index contributed by atoms with van der Waals surface area (Å²) in [7, 11) is 0. The van der Waals surface area contributed by atoms with E-state index in [1.807, 2.05) is 6.08 Å². The lowest BCUT2D eigenvalue weighted by atomic mass is 10.1. The van der Waals surface area contributed by atoms with Gasteiger partial charge in [0.05, 0.1) is 0 Å². The maximum Gasteiger partial charge on any atom is 0.244 e. The average molecular weight is 243 g/mol. The minimum atomic E-state index is 0.0295. The summed E-state index contributed by atoms with van der Waals surface area (Å²) in [5.74, 6) is 0.0295. The topological polar surface area (TPSA) is 29.1 Å². The van der Waals surface area contributed by atoms with Gasteiger partial charge in [0.25, 0.3) is 0 Å². The first-order chi connectivity index (χ1) is 8.65. The summed E-state index contributed by atoms with van der Waals surface area (Å²) in [4.78, 5) is 11.8. The normalized spacial score (nSPS) is 16.3. The number of benzene rings is 1. The first-order valence-corrected chi connectivity index (χ1v) is 6.71. The largest absolute Gasteiger partial charge is 0.350 e. The van der Waals surface area contributed by atoms with Crippen molar-refractivity contribution in [2.45, 2.75) is 45.6 Å². The summed E-state index contributed by atoms with van der Waals surface area (Å²) in [6, 6.07) is 6.65. The highest BCUT2D eigenvalue weighted by molar-refractivity contribution is 5.92. The fourth-order valence-electron chi connectivity index (χ4n) is 2.50. The fraction of sp³-hybridized carbons (Fsp3) is 0.438. The third kappa shape index (κ3) is 3.46. The minimum absolute atomic E-state index is 0.0295. The van der Waals surface area contributed by atoms with Crippen molar-refractivity contribution in [3.8, 4) is 0 Å². The molecule has 1 aliphatic rings. The molecule has 0 aromatic heterocycles. The maximum absolute atomic E-state index is 11.8. The molecule has 2 nitrogen and oxygen atoms in total. The molecule has 1 N–H and O–H groups in total. The van der Waals surface area contributed by atoms with E-state index in [9.17, 15) is 4.79 Å². The molecule has 1 aromatic rings. The van der Waals surface area contributed by atoms with Crippen LogP contribution in [0.3, 0.4) is 0 Å². The van der Waals surface area contributed by atoms with Crippen LogP contribution in [0.2, 0.25) is 0 Å². The van der Waals surface area contributed by atoms with E-state index in [1.54, 1.807) is 6.08 Å². The van der Waals surface area contributed by atoms with E-state index in [-0.39, 0.29) is 5.91 Å². The van der Waals surface area contributed by atoms with Gasteiger partial charge in [-0.3, -0.25) is 4.79 Å². The molecule has 0 spiro atoms. The molecule has 2 rings (SSSR count). The molecule has 1 amide bonds. The van der Waals surface area contributed by atoms with Crippen molar-refractivity contribution in [1.29, 1.82) is 0 Å². The van der Waals surface area contributed by atoms with Crippen LogP contribution < -0.4 is 5.32 Å². The predicted molar refractivity (Wildman–Crippen MR) is 75.3 cm³/mol. The van der Waals surface area contributed by atoms with Crippen LogP contribution in [0.4, 0.5) is 0 Å². The standard InChI is InChI=1S/C16H21NO/c1-12-7-8-14(13(2)11-12)9-10-16(18)17-15-5-3-4-6-15/h7-11,15H,3-6H2,1-2H3,(H,17,18)/b10-9-. The number of hydrogen-bond acceptors (Lipinski definition) is 1. The monoisotopic (exact) mass is 243 g/mol. The quantitative estimate of drug-likeness (QED) is 0.810. The van der Waals surface area contributed by atoms with Gasteiger partial charge in [-0.2, -0.15) is 0 Å². The number of rotatable bonds is 3. The van der Waals surface area contributed by atoms with Crippen molar-refractivity contribution in [1.82, 2.24) is 5.32 Å². The molecule has 0 aliphatic heterocycles. The smallest absolute Gasteiger partial charge is 0.244 e. The molecule has 1 aromatic carbocycles. The van der Waals surface area contributed by atoms with Gasteiger partial charge in [0, 0.05) is 12.1 Å². The average Bonchev–Trinajstić information content (AvgIpc) is 2.80. The second-order valence-corrected chi connectivity index (χ2v) is 5.18. The Balaban J connectivity index is 1.94. The van der Waals surface area contributed by atoms with Gasteiger partial charge in [-0.05, 0) is 43.9 Å². The predicted octanol–water partition coefficient (Wildman–Crippen LogP) is 3.38. The SMILES string of the molecule is Cc1ccc(/C=C\C(=O)NC2CCCC2)c(C)c1. The van der Waals surface area contributed by atoms with Gasteiger partial charge in [0.15, 0.2) is 0 Å². The van der Waals surface area contributed by atoms with Crippen molar-refractivity contribution in [3.63, 3.8) is 0 Å². The first-order valence-electron chi connectivity index (χ1n) is 6.71. The summed E-state index contributed by atoms with van der Waals surface area (Å²) in [6.07, 6.45) is 8.29. The van der Waals surface area contributed by atoms with Crippen LogP contribution in [0.15, 0.2) is 24.3 Å². The molecule has 0 radical (unpaired) electrons. The van der Waals surface area contributed by atoms with Crippen molar-refractivity contribution < 1.29 is 4.79 Å². The molecule has 1 saturated carbocycles. The Morgan fingerprint density at radius 3 is 2.67 bits per heavy atom. The molecular formula is C16H21NO. The summed E-state index contributed by atoms with van der Waals surface area (Å²) in [5, 5.41) is 3.05. The maximum atomic E-state index is 11.8. The van der Waals surface area contributed by atoms with E-state index in [4.69, 9.17) is 0 Å². The second-order valence-electron chi connectivity index (χ2n) is 5.18. The molecule has 96 valence electrons. The lowest BCUT2D eigenvalue weighted by Crippen LogP contribution is -2.30. The number of carbonyl (C=O) groups excluding carboxylic acids is 1. The molecule has 1 aliphatic carbocycles. The Kier molecular flexibility index (Phi) is 4.19. The number of aryl methyl sites for hydroxylation is 2. The number of carbonyl (C=O) groups is 1. The van der Waals surface area contributed by atoms with E-state index in [1.165, 1.54) is 24.0 Å². The Hall–Kier alpha value is -1.57. The molecule has 0 heterocycles. The van der Waals surface area contributed by atoms with Crippen LogP contribution in [0.5, 0.6) is 0 Å². The Labute approximate surface area is 109 Å². The highest BCUT2D eigenvalue weighted by atomic mass is 16.1. The van der Waals surface area contributed by atoms with Crippen LogP contribution in [0, 0.1) is 13.8 Å². The molecule has 0 unspecified atom stereocenters. The third-order valence-electron chi connectivity index (χ3n) is 3.54. The van der Waals surface area contributed by atoms with Gasteiger partial charge >= 0.3 is 0 Å². The summed E-state index contributed by atoms with van der Waals surface area (Å²) >= 11 is 0. The first kappa shape index (κ1) is 12.9.